The summed E-state index contributed by atoms with van der Waals surface area (Å²) < 4.78 is 5.64. The van der Waals surface area contributed by atoms with Gasteiger partial charge < -0.3 is 20.1 Å². The highest BCUT2D eigenvalue weighted by atomic mass is 16.5. The van der Waals surface area contributed by atoms with E-state index in [9.17, 15) is 5.11 Å². The van der Waals surface area contributed by atoms with Gasteiger partial charge >= 0.3 is 0 Å². The highest BCUT2D eigenvalue weighted by Crippen LogP contribution is 2.22. The van der Waals surface area contributed by atoms with E-state index in [-0.39, 0.29) is 6.10 Å². The van der Waals surface area contributed by atoms with Crippen LogP contribution in [0.4, 0.5) is 5.69 Å². The van der Waals surface area contributed by atoms with Crippen LogP contribution in [0, 0.1) is 0 Å². The molecule has 1 aliphatic heterocycles. The molecule has 1 saturated heterocycles. The first-order valence-electron chi connectivity index (χ1n) is 6.91. The van der Waals surface area contributed by atoms with Crippen LogP contribution in [0.3, 0.4) is 0 Å². The van der Waals surface area contributed by atoms with Crippen LogP contribution in [0.2, 0.25) is 0 Å². The molecule has 0 amide bonds. The number of nitrogens with zero attached hydrogens (tertiary/aromatic N) is 1. The maximum atomic E-state index is 10.2. The molecule has 1 fully saturated rings. The van der Waals surface area contributed by atoms with Crippen molar-refractivity contribution in [2.24, 2.45) is 0 Å². The lowest BCUT2D eigenvalue weighted by Gasteiger charge is -2.29. The summed E-state index contributed by atoms with van der Waals surface area (Å²) in [4.78, 5) is 2.21. The lowest BCUT2D eigenvalue weighted by molar-refractivity contribution is 0.0729. The lowest BCUT2D eigenvalue weighted by Crippen LogP contribution is -2.43. The Morgan fingerprint density at radius 3 is 2.63 bits per heavy atom. The summed E-state index contributed by atoms with van der Waals surface area (Å²) >= 11 is 0. The predicted octanol–water partition coefficient (Wildman–Crippen LogP) is 1.63. The highest BCUT2D eigenvalue weighted by Gasteiger charge is 2.26. The molecule has 1 aromatic rings. The van der Waals surface area contributed by atoms with Crippen LogP contribution in [-0.4, -0.2) is 43.0 Å². The molecule has 2 rings (SSSR count). The van der Waals surface area contributed by atoms with Crippen molar-refractivity contribution in [3.8, 4) is 5.75 Å². The molecule has 0 bridgehead atoms. The van der Waals surface area contributed by atoms with Crippen molar-refractivity contribution < 1.29 is 9.84 Å². The molecule has 1 aromatic carbocycles. The minimum Gasteiger partial charge on any atom is -0.491 e. The van der Waals surface area contributed by atoms with Gasteiger partial charge in [0.05, 0.1) is 11.7 Å². The van der Waals surface area contributed by atoms with Crippen molar-refractivity contribution in [1.29, 1.82) is 0 Å². The van der Waals surface area contributed by atoms with Gasteiger partial charge in [-0.1, -0.05) is 0 Å². The summed E-state index contributed by atoms with van der Waals surface area (Å²) in [5, 5.41) is 13.5. The Balaban J connectivity index is 2.08. The first-order chi connectivity index (χ1) is 8.96. The number of β-amino-alcohol motifs (C(OH)–C–C–N with tert-alkyl or cyclic N) is 1. The van der Waals surface area contributed by atoms with Crippen LogP contribution in [0.25, 0.3) is 0 Å². The Bertz CT molecular complexity index is 401. The molecule has 1 heterocycles. The minimum atomic E-state index is -0.691. The molecule has 106 valence electrons. The Morgan fingerprint density at radius 1 is 1.32 bits per heavy atom. The van der Waals surface area contributed by atoms with E-state index in [1.54, 1.807) is 0 Å². The summed E-state index contributed by atoms with van der Waals surface area (Å²) in [5.74, 6) is 0.887. The van der Waals surface area contributed by atoms with Gasteiger partial charge in [0.15, 0.2) is 0 Å². The number of anilines is 1. The molecule has 1 atom stereocenters. The van der Waals surface area contributed by atoms with Crippen molar-refractivity contribution in [3.05, 3.63) is 24.3 Å². The molecule has 4 nitrogen and oxygen atoms in total. The van der Waals surface area contributed by atoms with E-state index in [4.69, 9.17) is 4.74 Å². The molecule has 0 spiro atoms. The number of rotatable bonds is 3. The van der Waals surface area contributed by atoms with Crippen molar-refractivity contribution in [3.63, 3.8) is 0 Å². The second-order valence-electron chi connectivity index (χ2n) is 5.76. The SMILES string of the molecule is CC(C)Oc1ccc(N2CCNCC(C)(O)C2)cc1. The van der Waals surface area contributed by atoms with Gasteiger partial charge in [0.2, 0.25) is 0 Å². The van der Waals surface area contributed by atoms with Crippen molar-refractivity contribution in [1.82, 2.24) is 5.32 Å². The van der Waals surface area contributed by atoms with Gasteiger partial charge in [-0.15, -0.1) is 0 Å². The number of nitrogens with one attached hydrogen (secondary N) is 1. The first-order valence-corrected chi connectivity index (χ1v) is 6.91. The molecular weight excluding hydrogens is 240 g/mol. The van der Waals surface area contributed by atoms with Gasteiger partial charge in [0, 0.05) is 31.9 Å². The lowest BCUT2D eigenvalue weighted by atomic mass is 10.1. The third-order valence-electron chi connectivity index (χ3n) is 3.17. The predicted molar refractivity (Wildman–Crippen MR) is 77.9 cm³/mol. The average Bonchev–Trinajstić information content (AvgIpc) is 2.50. The number of hydrogen-bond acceptors (Lipinski definition) is 4. The maximum absolute atomic E-state index is 10.2. The van der Waals surface area contributed by atoms with Crippen molar-refractivity contribution in [2.45, 2.75) is 32.5 Å². The van der Waals surface area contributed by atoms with Crippen LogP contribution in [-0.2, 0) is 0 Å². The fraction of sp³-hybridized carbons (Fsp3) is 0.600. The second kappa shape index (κ2) is 5.80. The van der Waals surface area contributed by atoms with Crippen molar-refractivity contribution >= 4 is 5.69 Å². The van der Waals surface area contributed by atoms with Gasteiger partial charge in [0.25, 0.3) is 0 Å². The molecule has 0 saturated carbocycles. The zero-order valence-electron chi connectivity index (χ0n) is 12.0. The van der Waals surface area contributed by atoms with Gasteiger partial charge in [-0.05, 0) is 45.0 Å². The van der Waals surface area contributed by atoms with E-state index in [1.807, 2.05) is 32.9 Å². The summed E-state index contributed by atoms with van der Waals surface area (Å²) in [6, 6.07) is 8.09. The van der Waals surface area contributed by atoms with Crippen LogP contribution in [0.1, 0.15) is 20.8 Å². The second-order valence-corrected chi connectivity index (χ2v) is 5.76. The molecule has 1 unspecified atom stereocenters. The number of aliphatic hydroxyl groups is 1. The molecule has 19 heavy (non-hydrogen) atoms. The first kappa shape index (κ1) is 14.2. The molecule has 0 radical (unpaired) electrons. The van der Waals surface area contributed by atoms with E-state index in [0.717, 1.165) is 24.5 Å². The monoisotopic (exact) mass is 264 g/mol. The molecule has 4 heteroatoms. The molecular formula is C15H24N2O2. The smallest absolute Gasteiger partial charge is 0.119 e. The third-order valence-corrected chi connectivity index (χ3v) is 3.17. The molecule has 0 aromatic heterocycles. The average molecular weight is 264 g/mol. The number of ether oxygens (including phenoxy) is 1. The van der Waals surface area contributed by atoms with E-state index in [0.29, 0.717) is 13.1 Å². The summed E-state index contributed by atoms with van der Waals surface area (Å²) in [7, 11) is 0. The van der Waals surface area contributed by atoms with E-state index in [1.165, 1.54) is 0 Å². The topological polar surface area (TPSA) is 44.7 Å². The summed E-state index contributed by atoms with van der Waals surface area (Å²) in [6.07, 6.45) is 0.189. The van der Waals surface area contributed by atoms with Gasteiger partial charge in [-0.3, -0.25) is 0 Å². The Hall–Kier alpha value is -1.26. The van der Waals surface area contributed by atoms with E-state index < -0.39 is 5.60 Å². The van der Waals surface area contributed by atoms with Crippen LogP contribution < -0.4 is 15.0 Å². The largest absolute Gasteiger partial charge is 0.491 e. The fourth-order valence-electron chi connectivity index (χ4n) is 2.35. The maximum Gasteiger partial charge on any atom is 0.119 e. The standard InChI is InChI=1S/C15H24N2O2/c1-12(2)19-14-6-4-13(5-7-14)17-9-8-16-10-15(3,18)11-17/h4-7,12,16,18H,8-11H2,1-3H3. The molecule has 0 aliphatic carbocycles. The normalized spacial score (nSPS) is 24.4. The number of hydrogen-bond donors (Lipinski definition) is 2. The number of benzene rings is 1. The van der Waals surface area contributed by atoms with E-state index >= 15 is 0 Å². The van der Waals surface area contributed by atoms with Gasteiger partial charge in [-0.25, -0.2) is 0 Å². The van der Waals surface area contributed by atoms with Gasteiger partial charge in [0.1, 0.15) is 5.75 Å². The zero-order chi connectivity index (χ0) is 13.9. The van der Waals surface area contributed by atoms with Crippen LogP contribution in [0.15, 0.2) is 24.3 Å². The van der Waals surface area contributed by atoms with Crippen LogP contribution >= 0.6 is 0 Å². The Morgan fingerprint density at radius 2 is 2.00 bits per heavy atom. The molecule has 1 aliphatic rings. The zero-order valence-corrected chi connectivity index (χ0v) is 12.0. The third kappa shape index (κ3) is 4.11. The van der Waals surface area contributed by atoms with E-state index in [2.05, 4.69) is 22.3 Å². The van der Waals surface area contributed by atoms with Crippen molar-refractivity contribution in [2.75, 3.05) is 31.1 Å². The molecule has 2 N–H and O–H groups in total. The Kier molecular flexibility index (Phi) is 4.32. The quantitative estimate of drug-likeness (QED) is 0.871. The highest BCUT2D eigenvalue weighted by molar-refractivity contribution is 5.49. The summed E-state index contributed by atoms with van der Waals surface area (Å²) in [6.45, 7) is 8.98. The Labute approximate surface area is 115 Å². The van der Waals surface area contributed by atoms with Gasteiger partial charge in [-0.2, -0.15) is 0 Å². The fourth-order valence-corrected chi connectivity index (χ4v) is 2.35. The minimum absolute atomic E-state index is 0.189. The van der Waals surface area contributed by atoms with Crippen LogP contribution in [0.5, 0.6) is 5.75 Å². The summed E-state index contributed by atoms with van der Waals surface area (Å²) in [5.41, 5.74) is 0.434.